The standard InChI is InChI=1S/C25H27ClFN5O/c1-30-12-14-31(15-13-30)23-11-6-17(26)16-21(23)28-25(33)24-20-4-2-3-5-22(20)32(29-24)19-9-7-18(27)8-10-19/h6-11,16H,2-5,12-15H2,1H3,(H,28,33). The number of aromatic nitrogens is 2. The van der Waals surface area contributed by atoms with E-state index in [1.807, 2.05) is 12.1 Å². The Morgan fingerprint density at radius 1 is 1.03 bits per heavy atom. The van der Waals surface area contributed by atoms with E-state index >= 15 is 0 Å². The summed E-state index contributed by atoms with van der Waals surface area (Å²) in [4.78, 5) is 18.0. The van der Waals surface area contributed by atoms with Crippen molar-refractivity contribution in [2.45, 2.75) is 25.7 Å². The van der Waals surface area contributed by atoms with Crippen LogP contribution in [0.15, 0.2) is 42.5 Å². The second-order valence-corrected chi connectivity index (χ2v) is 9.21. The molecule has 33 heavy (non-hydrogen) atoms. The average Bonchev–Trinajstić information content (AvgIpc) is 3.20. The number of fused-ring (bicyclic) bond motifs is 1. The maximum Gasteiger partial charge on any atom is 0.276 e. The molecule has 2 aromatic carbocycles. The summed E-state index contributed by atoms with van der Waals surface area (Å²) in [6.45, 7) is 3.70. The number of amides is 1. The number of piperazine rings is 1. The Bertz CT molecular complexity index is 1170. The van der Waals surface area contributed by atoms with E-state index in [-0.39, 0.29) is 11.7 Å². The largest absolute Gasteiger partial charge is 0.367 e. The minimum absolute atomic E-state index is 0.244. The number of benzene rings is 2. The van der Waals surface area contributed by atoms with Gasteiger partial charge in [0.05, 0.1) is 17.1 Å². The second-order valence-electron chi connectivity index (χ2n) is 8.78. The van der Waals surface area contributed by atoms with E-state index < -0.39 is 0 Å². The van der Waals surface area contributed by atoms with Gasteiger partial charge in [-0.05, 0) is 75.2 Å². The van der Waals surface area contributed by atoms with Crippen molar-refractivity contribution in [1.82, 2.24) is 14.7 Å². The summed E-state index contributed by atoms with van der Waals surface area (Å²) in [5, 5.41) is 8.35. The van der Waals surface area contributed by atoms with Crippen LogP contribution in [0.5, 0.6) is 0 Å². The zero-order valence-corrected chi connectivity index (χ0v) is 19.4. The molecule has 172 valence electrons. The first-order valence-electron chi connectivity index (χ1n) is 11.4. The molecule has 0 unspecified atom stereocenters. The van der Waals surface area contributed by atoms with Crippen LogP contribution in [-0.4, -0.2) is 53.8 Å². The number of nitrogens with zero attached hydrogens (tertiary/aromatic N) is 4. The molecule has 0 bridgehead atoms. The Balaban J connectivity index is 1.47. The first kappa shape index (κ1) is 21.9. The zero-order valence-electron chi connectivity index (χ0n) is 18.7. The normalized spacial score (nSPS) is 16.5. The molecule has 2 heterocycles. The van der Waals surface area contributed by atoms with Crippen LogP contribution in [0.1, 0.15) is 34.6 Å². The first-order valence-corrected chi connectivity index (χ1v) is 11.8. The molecule has 1 fully saturated rings. The fourth-order valence-corrected chi connectivity index (χ4v) is 4.86. The quantitative estimate of drug-likeness (QED) is 0.611. The van der Waals surface area contributed by atoms with Gasteiger partial charge in [-0.15, -0.1) is 0 Å². The van der Waals surface area contributed by atoms with Gasteiger partial charge in [0.15, 0.2) is 5.69 Å². The van der Waals surface area contributed by atoms with E-state index in [1.54, 1.807) is 22.9 Å². The van der Waals surface area contributed by atoms with Crippen LogP contribution in [0.3, 0.4) is 0 Å². The highest BCUT2D eigenvalue weighted by molar-refractivity contribution is 6.31. The van der Waals surface area contributed by atoms with Gasteiger partial charge in [0.25, 0.3) is 5.91 Å². The Morgan fingerprint density at radius 2 is 1.76 bits per heavy atom. The van der Waals surface area contributed by atoms with Crippen LogP contribution in [0.25, 0.3) is 5.69 Å². The topological polar surface area (TPSA) is 53.4 Å². The lowest BCUT2D eigenvalue weighted by atomic mass is 9.95. The van der Waals surface area contributed by atoms with Gasteiger partial charge in [0.1, 0.15) is 5.82 Å². The van der Waals surface area contributed by atoms with Crippen molar-refractivity contribution < 1.29 is 9.18 Å². The van der Waals surface area contributed by atoms with Gasteiger partial charge in [-0.3, -0.25) is 4.79 Å². The van der Waals surface area contributed by atoms with E-state index in [2.05, 4.69) is 22.2 Å². The fourth-order valence-electron chi connectivity index (χ4n) is 4.69. The summed E-state index contributed by atoms with van der Waals surface area (Å²) < 4.78 is 15.2. The van der Waals surface area contributed by atoms with Gasteiger partial charge in [-0.2, -0.15) is 5.10 Å². The molecule has 2 aliphatic rings. The van der Waals surface area contributed by atoms with Crippen molar-refractivity contribution in [3.8, 4) is 5.69 Å². The molecule has 1 amide bonds. The van der Waals surface area contributed by atoms with Gasteiger partial charge < -0.3 is 15.1 Å². The van der Waals surface area contributed by atoms with E-state index in [0.717, 1.165) is 74.5 Å². The highest BCUT2D eigenvalue weighted by atomic mass is 35.5. The van der Waals surface area contributed by atoms with Crippen molar-refractivity contribution in [3.63, 3.8) is 0 Å². The first-order chi connectivity index (χ1) is 16.0. The van der Waals surface area contributed by atoms with Gasteiger partial charge >= 0.3 is 0 Å². The van der Waals surface area contributed by atoms with Gasteiger partial charge in [0.2, 0.25) is 0 Å². The molecule has 1 aliphatic heterocycles. The van der Waals surface area contributed by atoms with Crippen LogP contribution in [0, 0.1) is 5.82 Å². The number of carbonyl (C=O) groups is 1. The third-order valence-corrected chi connectivity index (χ3v) is 6.75. The number of nitrogens with one attached hydrogen (secondary N) is 1. The Hall–Kier alpha value is -2.90. The molecule has 1 saturated heterocycles. The predicted molar refractivity (Wildman–Crippen MR) is 129 cm³/mol. The Kier molecular flexibility index (Phi) is 6.08. The highest BCUT2D eigenvalue weighted by Crippen LogP contribution is 2.32. The van der Waals surface area contributed by atoms with E-state index in [4.69, 9.17) is 16.7 Å². The number of anilines is 2. The van der Waals surface area contributed by atoms with E-state index in [9.17, 15) is 9.18 Å². The third-order valence-electron chi connectivity index (χ3n) is 6.52. The highest BCUT2D eigenvalue weighted by Gasteiger charge is 2.27. The molecule has 1 aromatic heterocycles. The van der Waals surface area contributed by atoms with Crippen molar-refractivity contribution >= 4 is 28.9 Å². The maximum absolute atomic E-state index is 13.5. The van der Waals surface area contributed by atoms with Crippen LogP contribution in [0.4, 0.5) is 15.8 Å². The molecule has 1 aliphatic carbocycles. The molecule has 1 N–H and O–H groups in total. The number of hydrogen-bond acceptors (Lipinski definition) is 4. The smallest absolute Gasteiger partial charge is 0.276 e. The summed E-state index contributed by atoms with van der Waals surface area (Å²) in [7, 11) is 2.11. The molecule has 3 aromatic rings. The Morgan fingerprint density at radius 3 is 2.52 bits per heavy atom. The average molecular weight is 468 g/mol. The number of rotatable bonds is 4. The van der Waals surface area contributed by atoms with E-state index in [1.165, 1.54) is 12.1 Å². The second kappa shape index (κ2) is 9.15. The molecule has 5 rings (SSSR count). The Labute approximate surface area is 197 Å². The third kappa shape index (κ3) is 4.48. The zero-order chi connectivity index (χ0) is 22.9. The number of halogens is 2. The predicted octanol–water partition coefficient (Wildman–Crippen LogP) is 4.55. The van der Waals surface area contributed by atoms with Crippen molar-refractivity contribution in [1.29, 1.82) is 0 Å². The minimum Gasteiger partial charge on any atom is -0.367 e. The summed E-state index contributed by atoms with van der Waals surface area (Å²) in [6.07, 6.45) is 3.71. The lowest BCUT2D eigenvalue weighted by Gasteiger charge is -2.35. The van der Waals surface area contributed by atoms with Gasteiger partial charge in [-0.25, -0.2) is 9.07 Å². The molecule has 0 spiro atoms. The molecule has 0 saturated carbocycles. The molecule has 8 heteroatoms. The molecule has 0 atom stereocenters. The monoisotopic (exact) mass is 467 g/mol. The SMILES string of the molecule is CN1CCN(c2ccc(Cl)cc2NC(=O)c2nn(-c3ccc(F)cc3)c3c2CCCC3)CC1. The molecular formula is C25H27ClFN5O. The van der Waals surface area contributed by atoms with E-state index in [0.29, 0.717) is 16.4 Å². The minimum atomic E-state index is -0.296. The van der Waals surface area contributed by atoms with Crippen LogP contribution >= 0.6 is 11.6 Å². The van der Waals surface area contributed by atoms with Crippen LogP contribution < -0.4 is 10.2 Å². The number of likely N-dealkylation sites (N-methyl/N-ethyl adjacent to an activating group) is 1. The van der Waals surface area contributed by atoms with Crippen molar-refractivity contribution in [3.05, 3.63) is 70.3 Å². The summed E-state index contributed by atoms with van der Waals surface area (Å²) in [5.74, 6) is -0.540. The molecule has 6 nitrogen and oxygen atoms in total. The maximum atomic E-state index is 13.5. The lowest BCUT2D eigenvalue weighted by Crippen LogP contribution is -2.44. The molecular weight excluding hydrogens is 441 g/mol. The fraction of sp³-hybridized carbons (Fsp3) is 0.360. The van der Waals surface area contributed by atoms with Gasteiger partial charge in [0, 0.05) is 42.5 Å². The van der Waals surface area contributed by atoms with Gasteiger partial charge in [-0.1, -0.05) is 11.6 Å². The summed E-state index contributed by atoms with van der Waals surface area (Å²) in [6, 6.07) is 11.9. The number of carbonyl (C=O) groups excluding carboxylic acids is 1. The van der Waals surface area contributed by atoms with Crippen LogP contribution in [-0.2, 0) is 12.8 Å². The lowest BCUT2D eigenvalue weighted by molar-refractivity contribution is 0.102. The number of hydrogen-bond donors (Lipinski definition) is 1. The van der Waals surface area contributed by atoms with Crippen molar-refractivity contribution in [2.24, 2.45) is 0 Å². The van der Waals surface area contributed by atoms with Crippen molar-refractivity contribution in [2.75, 3.05) is 43.4 Å². The molecule has 0 radical (unpaired) electrons. The summed E-state index contributed by atoms with van der Waals surface area (Å²) in [5.41, 5.74) is 4.85. The summed E-state index contributed by atoms with van der Waals surface area (Å²) >= 11 is 6.29. The van der Waals surface area contributed by atoms with Crippen LogP contribution in [0.2, 0.25) is 5.02 Å².